The number of halogens is 1. The van der Waals surface area contributed by atoms with Gasteiger partial charge in [0.1, 0.15) is 0 Å². The van der Waals surface area contributed by atoms with E-state index < -0.39 is 0 Å². The number of thiazole rings is 1. The molecule has 1 atom stereocenters. The lowest BCUT2D eigenvalue weighted by molar-refractivity contribution is 0.585. The summed E-state index contributed by atoms with van der Waals surface area (Å²) in [7, 11) is 0. The highest BCUT2D eigenvalue weighted by Crippen LogP contribution is 2.41. The maximum Gasteiger partial charge on any atom is 0.271 e. The van der Waals surface area contributed by atoms with Crippen LogP contribution in [0.4, 0.5) is 0 Å². The van der Waals surface area contributed by atoms with Gasteiger partial charge in [0.05, 0.1) is 16.3 Å². The number of hydrogen-bond donors (Lipinski definition) is 1. The molecule has 0 amide bonds. The molecule has 0 bridgehead atoms. The van der Waals surface area contributed by atoms with Crippen LogP contribution in [0.2, 0.25) is 0 Å². The number of hydrogen-bond acceptors (Lipinski definition) is 3. The molecule has 1 aliphatic carbocycles. The topological polar surface area (TPSA) is 50.1 Å². The average Bonchev–Trinajstić information content (AvgIpc) is 3.39. The van der Waals surface area contributed by atoms with Gasteiger partial charge in [0.15, 0.2) is 4.80 Å². The molecule has 1 N–H and O–H groups in total. The van der Waals surface area contributed by atoms with Crippen LogP contribution in [0, 0.1) is 6.92 Å². The lowest BCUT2D eigenvalue weighted by Crippen LogP contribution is -2.38. The van der Waals surface area contributed by atoms with Gasteiger partial charge in [-0.3, -0.25) is 9.36 Å². The van der Waals surface area contributed by atoms with Crippen LogP contribution in [0.15, 0.2) is 92.6 Å². The molecule has 3 aromatic carbocycles. The maximum atomic E-state index is 14.0. The van der Waals surface area contributed by atoms with E-state index in [1.54, 1.807) is 0 Å². The molecule has 2 aliphatic rings. The molecule has 0 saturated heterocycles. The minimum atomic E-state index is -0.163. The van der Waals surface area contributed by atoms with E-state index in [-0.39, 0.29) is 11.6 Å². The third kappa shape index (κ3) is 3.32. The van der Waals surface area contributed by atoms with Gasteiger partial charge >= 0.3 is 0 Å². The summed E-state index contributed by atoms with van der Waals surface area (Å²) < 4.78 is 3.64. The molecule has 5 aromatic rings. The van der Waals surface area contributed by atoms with Crippen molar-refractivity contribution in [3.8, 4) is 0 Å². The van der Waals surface area contributed by atoms with Gasteiger partial charge in [-0.05, 0) is 60.7 Å². The Bertz CT molecular complexity index is 1890. The minimum Gasteiger partial charge on any atom is -0.358 e. The Kier molecular flexibility index (Phi) is 5.01. The SMILES string of the molecule is Cc1[nH]c2ccccc2c1/C=c1\sc2n(c1=O)[C@H](c1ccc(Br)cc1)C1=C(N=2)c2ccccc2CC1. The van der Waals surface area contributed by atoms with E-state index in [0.717, 1.165) is 55.5 Å². The first kappa shape index (κ1) is 21.8. The Morgan fingerprint density at radius 2 is 1.81 bits per heavy atom. The van der Waals surface area contributed by atoms with Crippen molar-refractivity contribution in [2.75, 3.05) is 0 Å². The summed E-state index contributed by atoms with van der Waals surface area (Å²) in [5, 5.41) is 1.12. The van der Waals surface area contributed by atoms with Gasteiger partial charge in [-0.2, -0.15) is 0 Å². The number of aromatic nitrogens is 2. The fourth-order valence-corrected chi connectivity index (χ4v) is 6.83. The van der Waals surface area contributed by atoms with Crippen molar-refractivity contribution in [3.63, 3.8) is 0 Å². The van der Waals surface area contributed by atoms with Crippen molar-refractivity contribution in [2.24, 2.45) is 4.99 Å². The second-order valence-corrected chi connectivity index (χ2v) is 11.3. The number of nitrogens with zero attached hydrogens (tertiary/aromatic N) is 2. The Labute approximate surface area is 220 Å². The first-order chi connectivity index (χ1) is 17.6. The molecule has 0 saturated carbocycles. The average molecular weight is 552 g/mol. The summed E-state index contributed by atoms with van der Waals surface area (Å²) in [6.45, 7) is 2.06. The van der Waals surface area contributed by atoms with Crippen molar-refractivity contribution in [3.05, 3.63) is 130 Å². The largest absolute Gasteiger partial charge is 0.358 e. The first-order valence-electron chi connectivity index (χ1n) is 12.0. The molecule has 36 heavy (non-hydrogen) atoms. The van der Waals surface area contributed by atoms with Gasteiger partial charge < -0.3 is 4.98 Å². The summed E-state index contributed by atoms with van der Waals surface area (Å²) in [4.78, 5) is 23.3. The molecule has 1 aliphatic heterocycles. The van der Waals surface area contributed by atoms with Crippen LogP contribution < -0.4 is 14.9 Å². The van der Waals surface area contributed by atoms with Crippen LogP contribution in [-0.2, 0) is 6.42 Å². The number of para-hydroxylation sites is 1. The maximum absolute atomic E-state index is 14.0. The van der Waals surface area contributed by atoms with Crippen LogP contribution >= 0.6 is 27.3 Å². The van der Waals surface area contributed by atoms with Crippen LogP contribution in [0.1, 0.15) is 40.4 Å². The molecule has 7 rings (SSSR count). The Morgan fingerprint density at radius 1 is 1.03 bits per heavy atom. The van der Waals surface area contributed by atoms with Crippen LogP contribution in [0.5, 0.6) is 0 Å². The van der Waals surface area contributed by atoms with Crippen LogP contribution in [0.3, 0.4) is 0 Å². The van der Waals surface area contributed by atoms with Gasteiger partial charge in [-0.1, -0.05) is 81.9 Å². The lowest BCUT2D eigenvalue weighted by atomic mass is 9.83. The van der Waals surface area contributed by atoms with E-state index in [9.17, 15) is 4.79 Å². The number of H-pyrrole nitrogens is 1. The highest BCUT2D eigenvalue weighted by molar-refractivity contribution is 9.10. The summed E-state index contributed by atoms with van der Waals surface area (Å²) in [6, 6.07) is 24.9. The predicted molar refractivity (Wildman–Crippen MR) is 150 cm³/mol. The number of allylic oxidation sites excluding steroid dienone is 1. The van der Waals surface area contributed by atoms with Crippen molar-refractivity contribution in [1.82, 2.24) is 9.55 Å². The number of benzene rings is 3. The zero-order chi connectivity index (χ0) is 24.4. The molecular weight excluding hydrogens is 530 g/mol. The Hall–Kier alpha value is -3.48. The quantitative estimate of drug-likeness (QED) is 0.293. The molecule has 0 radical (unpaired) electrons. The normalized spacial score (nSPS) is 17.1. The molecule has 0 fully saturated rings. The zero-order valence-electron chi connectivity index (χ0n) is 19.6. The highest BCUT2D eigenvalue weighted by Gasteiger charge is 2.32. The van der Waals surface area contributed by atoms with Gasteiger partial charge in [0.2, 0.25) is 0 Å². The lowest BCUT2D eigenvalue weighted by Gasteiger charge is -2.30. The monoisotopic (exact) mass is 551 g/mol. The van der Waals surface area contributed by atoms with Crippen molar-refractivity contribution in [1.29, 1.82) is 0 Å². The molecule has 4 nitrogen and oxygen atoms in total. The zero-order valence-corrected chi connectivity index (χ0v) is 22.0. The molecule has 0 spiro atoms. The summed E-state index contributed by atoms with van der Waals surface area (Å²) >= 11 is 5.05. The third-order valence-electron chi connectivity index (χ3n) is 7.28. The van der Waals surface area contributed by atoms with Gasteiger partial charge in [0, 0.05) is 32.2 Å². The molecular formula is C30H22BrN3OS. The number of nitrogens with one attached hydrogen (secondary N) is 1. The Balaban J connectivity index is 1.51. The van der Waals surface area contributed by atoms with Crippen LogP contribution in [-0.4, -0.2) is 9.55 Å². The second kappa shape index (κ2) is 8.29. The van der Waals surface area contributed by atoms with Gasteiger partial charge in [-0.15, -0.1) is 0 Å². The molecule has 2 aromatic heterocycles. The van der Waals surface area contributed by atoms with E-state index in [1.807, 2.05) is 22.8 Å². The minimum absolute atomic E-state index is 0.0155. The first-order valence-corrected chi connectivity index (χ1v) is 13.7. The van der Waals surface area contributed by atoms with E-state index in [0.29, 0.717) is 4.53 Å². The molecule has 176 valence electrons. The standard InChI is InChI=1S/C30H22BrN3OS/c1-17-24(22-8-4-5-9-25(22)32-17)16-26-29(35)34-28(19-10-13-20(31)14-11-19)23-15-12-18-6-2-3-7-21(18)27(23)33-30(34)36-26/h2-11,13-14,16,28,32H,12,15H2,1H3/b26-16-/t28-/m1/s1. The number of fused-ring (bicyclic) bond motifs is 4. The van der Waals surface area contributed by atoms with E-state index in [4.69, 9.17) is 4.99 Å². The molecule has 6 heteroatoms. The van der Waals surface area contributed by atoms with Gasteiger partial charge in [-0.25, -0.2) is 4.99 Å². The fraction of sp³-hybridized carbons (Fsp3) is 0.133. The van der Waals surface area contributed by atoms with E-state index >= 15 is 0 Å². The summed E-state index contributed by atoms with van der Waals surface area (Å²) in [6.07, 6.45) is 3.88. The van der Waals surface area contributed by atoms with Crippen molar-refractivity contribution in [2.45, 2.75) is 25.8 Å². The second-order valence-electron chi connectivity index (χ2n) is 9.37. The van der Waals surface area contributed by atoms with E-state index in [1.165, 1.54) is 28.0 Å². The summed E-state index contributed by atoms with van der Waals surface area (Å²) in [5.74, 6) is 0. The predicted octanol–water partition coefficient (Wildman–Crippen LogP) is 5.87. The molecule has 0 unspecified atom stereocenters. The summed E-state index contributed by atoms with van der Waals surface area (Å²) in [5.41, 5.74) is 9.07. The number of rotatable bonds is 2. The van der Waals surface area contributed by atoms with Crippen molar-refractivity contribution < 1.29 is 0 Å². The third-order valence-corrected chi connectivity index (χ3v) is 8.79. The van der Waals surface area contributed by atoms with Gasteiger partial charge in [0.25, 0.3) is 5.56 Å². The Morgan fingerprint density at radius 3 is 2.67 bits per heavy atom. The fourth-order valence-electron chi connectivity index (χ4n) is 5.58. The number of aromatic amines is 1. The smallest absolute Gasteiger partial charge is 0.271 e. The van der Waals surface area contributed by atoms with Crippen molar-refractivity contribution >= 4 is 49.9 Å². The molecule has 3 heterocycles. The van der Waals surface area contributed by atoms with Crippen LogP contribution in [0.25, 0.3) is 22.7 Å². The van der Waals surface area contributed by atoms with E-state index in [2.05, 4.69) is 88.5 Å². The highest BCUT2D eigenvalue weighted by atomic mass is 79.9. The number of aryl methyl sites for hydroxylation is 2.